The summed E-state index contributed by atoms with van der Waals surface area (Å²) in [7, 11) is -16.4. The topological polar surface area (TPSA) is 364 Å². The van der Waals surface area contributed by atoms with Gasteiger partial charge in [0.05, 0.1) is 19.5 Å². The Morgan fingerprint density at radius 1 is 0.896 bits per heavy atom. The van der Waals surface area contributed by atoms with Gasteiger partial charge in [-0.2, -0.15) is 4.31 Å². The Hall–Kier alpha value is -2.96. The number of aliphatic hydroxyl groups is 2. The van der Waals surface area contributed by atoms with Crippen LogP contribution < -0.4 is 16.4 Å². The van der Waals surface area contributed by atoms with Crippen molar-refractivity contribution in [3.63, 3.8) is 0 Å². The molecule has 2 amide bonds. The Morgan fingerprint density at radius 2 is 1.54 bits per heavy atom. The third kappa shape index (κ3) is 21.7. The largest absolute Gasteiger partial charge is 0.481 e. The first-order valence-electron chi connectivity index (χ1n) is 21.9. The smallest absolute Gasteiger partial charge is 0.386 e. The zero-order valence-corrected chi connectivity index (χ0v) is 41.4. The first kappa shape index (κ1) is 58.4. The van der Waals surface area contributed by atoms with Crippen molar-refractivity contribution in [2.75, 3.05) is 37.8 Å². The number of phosphoric acid groups is 3. The first-order chi connectivity index (χ1) is 31.6. The van der Waals surface area contributed by atoms with Gasteiger partial charge in [-0.3, -0.25) is 32.5 Å². The lowest BCUT2D eigenvalue weighted by atomic mass is 9.87. The molecule has 0 aromatic carbocycles. The maximum absolute atomic E-state index is 12.7. The summed E-state index contributed by atoms with van der Waals surface area (Å²) >= 11 is 1.13. The number of amides is 2. The number of allylic oxidation sites excluding steroid dienone is 4. The van der Waals surface area contributed by atoms with E-state index in [1.807, 2.05) is 0 Å². The zero-order valence-electron chi connectivity index (χ0n) is 37.9. The highest BCUT2D eigenvalue weighted by molar-refractivity contribution is 8.13. The normalized spacial score (nSPS) is 20.3. The van der Waals surface area contributed by atoms with Gasteiger partial charge >= 0.3 is 23.5 Å². The van der Waals surface area contributed by atoms with Crippen LogP contribution >= 0.6 is 35.2 Å². The van der Waals surface area contributed by atoms with Crippen molar-refractivity contribution in [1.82, 2.24) is 30.2 Å². The number of hydrogen-bond donors (Lipinski definition) is 9. The number of anilines is 1. The number of carbonyl (C=O) groups is 3. The third-order valence-corrected chi connectivity index (χ3v) is 14.1. The highest BCUT2D eigenvalue weighted by Crippen LogP contribution is 2.61. The summed E-state index contributed by atoms with van der Waals surface area (Å²) in [6, 6.07) is 0. The minimum absolute atomic E-state index is 0.0320. The van der Waals surface area contributed by atoms with Crippen molar-refractivity contribution in [1.29, 1.82) is 0 Å². The van der Waals surface area contributed by atoms with E-state index in [2.05, 4.69) is 65.6 Å². The molecule has 28 heteroatoms. The molecule has 0 saturated carbocycles. The summed E-state index contributed by atoms with van der Waals surface area (Å²) in [5.74, 6) is -1.06. The monoisotopic (exact) mass is 1030 g/mol. The molecular formula is C39H66N7O17P3S. The van der Waals surface area contributed by atoms with Crippen molar-refractivity contribution in [3.05, 3.63) is 37.0 Å². The molecule has 1 aliphatic rings. The van der Waals surface area contributed by atoms with E-state index in [9.17, 15) is 57.9 Å². The van der Waals surface area contributed by atoms with E-state index in [0.29, 0.717) is 12.2 Å². The Labute approximate surface area is 393 Å². The number of aromatic nitrogens is 4. The molecule has 2 aromatic rings. The third-order valence-electron chi connectivity index (χ3n) is 10.1. The van der Waals surface area contributed by atoms with Gasteiger partial charge in [-0.05, 0) is 51.4 Å². The fraction of sp³-hybridized carbons (Fsp3) is 0.692. The number of nitrogens with zero attached hydrogens (tertiary/aromatic N) is 4. The van der Waals surface area contributed by atoms with Gasteiger partial charge in [-0.25, -0.2) is 28.6 Å². The second kappa shape index (κ2) is 28.6. The predicted molar refractivity (Wildman–Crippen MR) is 246 cm³/mol. The lowest BCUT2D eigenvalue weighted by Crippen LogP contribution is -2.46. The van der Waals surface area contributed by atoms with Crippen LogP contribution in [0.3, 0.4) is 0 Å². The zero-order chi connectivity index (χ0) is 49.7. The standard InChI is InChI=1S/C39H66N7O17P3S/c1-4-5-6-7-8-9-10-11-12-13-14-15-16-17-18-19-30(48)67-23-22-41-29(47)20-21-42-37(51)34(50)39(2,3)25-60-66(57,58)63-65(55,56)59-24-28-33(62-64(52,53)54)32(49)38(61-28)46-27-45-31-35(40)43-26-44-36(31)46/h9-10,14-15,26-28,32-34,38,49-50H,4-8,11-13,16-25H2,1-3H3,(H,41,47)(H,42,51)(H,55,56)(H,57,58)(H2,40,43,44)(H2,52,53,54)/b10-9+,15-14-/t28-,32-,33-,34+,38-/m1/s1. The van der Waals surface area contributed by atoms with Crippen LogP contribution in [0.15, 0.2) is 37.0 Å². The number of phosphoric ester groups is 3. The van der Waals surface area contributed by atoms with E-state index in [0.717, 1.165) is 73.9 Å². The summed E-state index contributed by atoms with van der Waals surface area (Å²) in [6.07, 6.45) is 14.6. The average molecular weight is 1030 g/mol. The molecule has 2 unspecified atom stereocenters. The second-order valence-corrected chi connectivity index (χ2v) is 21.6. The van der Waals surface area contributed by atoms with Gasteiger partial charge in [0.25, 0.3) is 0 Å². The summed E-state index contributed by atoms with van der Waals surface area (Å²) in [5, 5.41) is 26.6. The molecular weight excluding hydrogens is 963 g/mol. The van der Waals surface area contributed by atoms with Crippen molar-refractivity contribution < 1.29 is 80.5 Å². The maximum atomic E-state index is 12.7. The maximum Gasteiger partial charge on any atom is 0.481 e. The van der Waals surface area contributed by atoms with Crippen LogP contribution in [0.4, 0.5) is 5.82 Å². The number of fused-ring (bicyclic) bond motifs is 1. The van der Waals surface area contributed by atoms with Crippen molar-refractivity contribution >= 4 is 69.1 Å². The molecule has 67 heavy (non-hydrogen) atoms. The molecule has 1 aliphatic heterocycles. The number of hydrogen-bond acceptors (Lipinski definition) is 18. The van der Waals surface area contributed by atoms with Crippen LogP contribution in [0.5, 0.6) is 0 Å². The number of ether oxygens (including phenoxy) is 1. The molecule has 10 N–H and O–H groups in total. The summed E-state index contributed by atoms with van der Waals surface area (Å²) in [5.41, 5.74) is 4.28. The highest BCUT2D eigenvalue weighted by Gasteiger charge is 2.50. The van der Waals surface area contributed by atoms with Crippen LogP contribution in [0, 0.1) is 5.41 Å². The van der Waals surface area contributed by atoms with E-state index < -0.39 is 84.6 Å². The van der Waals surface area contributed by atoms with E-state index in [-0.39, 0.29) is 41.6 Å². The molecule has 0 bridgehead atoms. The minimum Gasteiger partial charge on any atom is -0.386 e. The first-order valence-corrected chi connectivity index (χ1v) is 27.4. The molecule has 3 rings (SSSR count). The lowest BCUT2D eigenvalue weighted by molar-refractivity contribution is -0.137. The van der Waals surface area contributed by atoms with Crippen LogP contribution in [-0.4, -0.2) is 123 Å². The SMILES string of the molecule is CCCCCC/C=C/CCC/C=C\CCCCC(=O)SCCNC(=O)CCNC(=O)[C@H](O)C(C)(C)COP(=O)(O)OP(=O)(O)OC[C@H]1O[C@@H](n2cnc3c(N)ncnc32)[C@H](O)[C@@H]1OP(=O)(O)O. The number of aliphatic hydroxyl groups excluding tert-OH is 2. The Balaban J connectivity index is 1.31. The van der Waals surface area contributed by atoms with Gasteiger partial charge in [0.2, 0.25) is 11.8 Å². The van der Waals surface area contributed by atoms with Crippen LogP contribution in [0.25, 0.3) is 11.2 Å². The van der Waals surface area contributed by atoms with Gasteiger partial charge in [0.15, 0.2) is 22.8 Å². The lowest BCUT2D eigenvalue weighted by Gasteiger charge is -2.30. The van der Waals surface area contributed by atoms with Crippen molar-refractivity contribution in [2.24, 2.45) is 5.41 Å². The van der Waals surface area contributed by atoms with E-state index in [1.54, 1.807) is 0 Å². The number of rotatable bonds is 33. The molecule has 0 radical (unpaired) electrons. The molecule has 1 fully saturated rings. The molecule has 380 valence electrons. The summed E-state index contributed by atoms with van der Waals surface area (Å²) in [6.45, 7) is 2.76. The van der Waals surface area contributed by atoms with Crippen molar-refractivity contribution in [2.45, 2.75) is 135 Å². The van der Waals surface area contributed by atoms with Gasteiger partial charge in [-0.1, -0.05) is 76.1 Å². The second-order valence-electron chi connectivity index (χ2n) is 16.3. The van der Waals surface area contributed by atoms with Gasteiger partial charge < -0.3 is 50.9 Å². The van der Waals surface area contributed by atoms with Crippen molar-refractivity contribution in [3.8, 4) is 0 Å². The molecule has 24 nitrogen and oxygen atoms in total. The Bertz CT molecular complexity index is 2090. The average Bonchev–Trinajstić information content (AvgIpc) is 3.81. The van der Waals surface area contributed by atoms with Gasteiger partial charge in [0.1, 0.15) is 36.3 Å². The highest BCUT2D eigenvalue weighted by atomic mass is 32.2. The van der Waals surface area contributed by atoms with Gasteiger partial charge in [-0.15, -0.1) is 0 Å². The molecule has 0 aliphatic carbocycles. The molecule has 1 saturated heterocycles. The number of unbranched alkanes of at least 4 members (excludes halogenated alkanes) is 8. The van der Waals surface area contributed by atoms with E-state index in [1.165, 1.54) is 39.5 Å². The molecule has 7 atom stereocenters. The molecule has 2 aromatic heterocycles. The van der Waals surface area contributed by atoms with Crippen LogP contribution in [0.1, 0.15) is 110 Å². The van der Waals surface area contributed by atoms with Crippen LogP contribution in [-0.2, 0) is 50.7 Å². The number of imidazole rings is 1. The summed E-state index contributed by atoms with van der Waals surface area (Å²) in [4.78, 5) is 88.3. The number of nitrogen functional groups attached to an aromatic ring is 1. The summed E-state index contributed by atoms with van der Waals surface area (Å²) < 4.78 is 62.4. The predicted octanol–water partition coefficient (Wildman–Crippen LogP) is 4.48. The number of nitrogens with two attached hydrogens (primary N) is 1. The minimum atomic E-state index is -5.58. The fourth-order valence-electron chi connectivity index (χ4n) is 6.41. The number of carbonyl (C=O) groups excluding carboxylic acids is 3. The van der Waals surface area contributed by atoms with E-state index in [4.69, 9.17) is 19.5 Å². The number of nitrogens with one attached hydrogen (secondary N) is 2. The molecule has 0 spiro atoms. The Kier molecular flexibility index (Phi) is 24.9. The molecule has 3 heterocycles. The number of thioether (sulfide) groups is 1. The van der Waals surface area contributed by atoms with E-state index >= 15 is 0 Å². The quantitative estimate of drug-likeness (QED) is 0.0270. The Morgan fingerprint density at radius 3 is 2.19 bits per heavy atom. The van der Waals surface area contributed by atoms with Gasteiger partial charge in [0, 0.05) is 37.1 Å². The fourth-order valence-corrected chi connectivity index (χ4v) is 9.96. The van der Waals surface area contributed by atoms with Crippen LogP contribution in [0.2, 0.25) is 0 Å².